The summed E-state index contributed by atoms with van der Waals surface area (Å²) in [5, 5.41) is 2.76. The monoisotopic (exact) mass is 265 g/mol. The van der Waals surface area contributed by atoms with Crippen LogP contribution in [0.3, 0.4) is 0 Å². The second kappa shape index (κ2) is 5.26. The van der Waals surface area contributed by atoms with E-state index in [2.05, 4.69) is 5.32 Å². The van der Waals surface area contributed by atoms with Crippen LogP contribution in [0.25, 0.3) is 0 Å². The number of likely N-dealkylation sites (tertiary alicyclic amines) is 1. The highest BCUT2D eigenvalue weighted by Gasteiger charge is 2.28. The van der Waals surface area contributed by atoms with Crippen molar-refractivity contribution in [2.24, 2.45) is 0 Å². The van der Waals surface area contributed by atoms with Gasteiger partial charge in [0.05, 0.1) is 5.56 Å². The summed E-state index contributed by atoms with van der Waals surface area (Å²) < 4.78 is 13.7. The number of hydrogen-bond donors (Lipinski definition) is 2. The number of carbonyl (C=O) groups is 2. The maximum absolute atomic E-state index is 13.7. The lowest BCUT2D eigenvalue weighted by atomic mass is 10.1. The predicted octanol–water partition coefficient (Wildman–Crippen LogP) is 0.758. The molecule has 1 aliphatic rings. The molecule has 102 valence electrons. The van der Waals surface area contributed by atoms with E-state index in [-0.39, 0.29) is 29.1 Å². The lowest BCUT2D eigenvalue weighted by Crippen LogP contribution is -2.37. The zero-order chi connectivity index (χ0) is 14.0. The van der Waals surface area contributed by atoms with Crippen LogP contribution in [0.2, 0.25) is 0 Å². The highest BCUT2D eigenvalue weighted by Crippen LogP contribution is 2.17. The standard InChI is InChI=1S/C13H16FN3O2/c1-8(18)16-10-4-5-17(7-10)13(19)11-3-2-9(15)6-12(11)14/h2-3,6,10H,4-5,7,15H2,1H3,(H,16,18). The van der Waals surface area contributed by atoms with E-state index < -0.39 is 5.82 Å². The van der Waals surface area contributed by atoms with Crippen molar-refractivity contribution in [1.29, 1.82) is 0 Å². The third-order valence-corrected chi connectivity index (χ3v) is 3.11. The van der Waals surface area contributed by atoms with Crippen molar-refractivity contribution in [2.45, 2.75) is 19.4 Å². The summed E-state index contributed by atoms with van der Waals surface area (Å²) in [6.07, 6.45) is 0.682. The van der Waals surface area contributed by atoms with Gasteiger partial charge in [0.1, 0.15) is 5.82 Å². The van der Waals surface area contributed by atoms with Crippen molar-refractivity contribution in [3.8, 4) is 0 Å². The minimum atomic E-state index is -0.618. The summed E-state index contributed by atoms with van der Waals surface area (Å²) >= 11 is 0. The van der Waals surface area contributed by atoms with Gasteiger partial charge in [-0.25, -0.2) is 4.39 Å². The highest BCUT2D eigenvalue weighted by molar-refractivity contribution is 5.95. The molecule has 1 atom stereocenters. The lowest BCUT2D eigenvalue weighted by Gasteiger charge is -2.17. The lowest BCUT2D eigenvalue weighted by molar-refractivity contribution is -0.119. The molecule has 6 heteroatoms. The number of halogens is 1. The fraction of sp³-hybridized carbons (Fsp3) is 0.385. The van der Waals surface area contributed by atoms with Crippen LogP contribution in [-0.4, -0.2) is 35.8 Å². The van der Waals surface area contributed by atoms with Crippen molar-refractivity contribution >= 4 is 17.5 Å². The summed E-state index contributed by atoms with van der Waals surface area (Å²) in [5.74, 6) is -1.11. The number of carbonyl (C=O) groups excluding carboxylic acids is 2. The van der Waals surface area contributed by atoms with Gasteiger partial charge in [0.25, 0.3) is 5.91 Å². The largest absolute Gasteiger partial charge is 0.399 e. The third kappa shape index (κ3) is 3.01. The SMILES string of the molecule is CC(=O)NC1CCN(C(=O)c2ccc(N)cc2F)C1. The molecule has 3 N–H and O–H groups in total. The zero-order valence-corrected chi connectivity index (χ0v) is 10.6. The minimum Gasteiger partial charge on any atom is -0.399 e. The summed E-state index contributed by atoms with van der Waals surface area (Å²) in [4.78, 5) is 24.6. The first-order valence-corrected chi connectivity index (χ1v) is 6.09. The van der Waals surface area contributed by atoms with E-state index in [0.717, 1.165) is 6.07 Å². The molecule has 1 aromatic carbocycles. The summed E-state index contributed by atoms with van der Waals surface area (Å²) in [6.45, 7) is 2.35. The molecule has 0 radical (unpaired) electrons. The second-order valence-corrected chi connectivity index (χ2v) is 4.68. The van der Waals surface area contributed by atoms with E-state index >= 15 is 0 Å². The van der Waals surface area contributed by atoms with Gasteiger partial charge in [-0.2, -0.15) is 0 Å². The molecule has 19 heavy (non-hydrogen) atoms. The number of nitrogen functional groups attached to an aromatic ring is 1. The van der Waals surface area contributed by atoms with Crippen LogP contribution < -0.4 is 11.1 Å². The molecule has 1 fully saturated rings. The molecule has 0 saturated carbocycles. The molecule has 0 bridgehead atoms. The number of nitrogens with two attached hydrogens (primary N) is 1. The van der Waals surface area contributed by atoms with E-state index in [0.29, 0.717) is 19.5 Å². The molecular weight excluding hydrogens is 249 g/mol. The Morgan fingerprint density at radius 1 is 1.47 bits per heavy atom. The molecule has 0 aliphatic carbocycles. The number of anilines is 1. The van der Waals surface area contributed by atoms with Gasteiger partial charge in [0.2, 0.25) is 5.91 Å². The van der Waals surface area contributed by atoms with Crippen LogP contribution in [0.1, 0.15) is 23.7 Å². The smallest absolute Gasteiger partial charge is 0.256 e. The van der Waals surface area contributed by atoms with Crippen LogP contribution >= 0.6 is 0 Å². The number of hydrogen-bond acceptors (Lipinski definition) is 3. The highest BCUT2D eigenvalue weighted by atomic mass is 19.1. The zero-order valence-electron chi connectivity index (χ0n) is 10.6. The molecule has 5 nitrogen and oxygen atoms in total. The minimum absolute atomic E-state index is 0.0117. The van der Waals surface area contributed by atoms with Crippen molar-refractivity contribution in [3.05, 3.63) is 29.6 Å². The molecule has 2 rings (SSSR count). The predicted molar refractivity (Wildman–Crippen MR) is 68.9 cm³/mol. The van der Waals surface area contributed by atoms with Gasteiger partial charge in [-0.05, 0) is 24.6 Å². The Balaban J connectivity index is 2.07. The molecule has 1 unspecified atom stereocenters. The van der Waals surface area contributed by atoms with Crippen LogP contribution in [0.15, 0.2) is 18.2 Å². The number of nitrogens with one attached hydrogen (secondary N) is 1. The fourth-order valence-corrected chi connectivity index (χ4v) is 2.23. The first-order valence-electron chi connectivity index (χ1n) is 6.09. The molecule has 0 spiro atoms. The average Bonchev–Trinajstić information content (AvgIpc) is 2.75. The third-order valence-electron chi connectivity index (χ3n) is 3.11. The Hall–Kier alpha value is -2.11. The van der Waals surface area contributed by atoms with Crippen LogP contribution in [0, 0.1) is 5.82 Å². The van der Waals surface area contributed by atoms with Crippen molar-refractivity contribution in [3.63, 3.8) is 0 Å². The number of nitrogens with zero attached hydrogens (tertiary/aromatic N) is 1. The molecular formula is C13H16FN3O2. The Labute approximate surface area is 110 Å². The van der Waals surface area contributed by atoms with Crippen LogP contribution in [-0.2, 0) is 4.79 Å². The van der Waals surface area contributed by atoms with Gasteiger partial charge in [-0.15, -0.1) is 0 Å². The number of benzene rings is 1. The molecule has 1 aromatic rings. The van der Waals surface area contributed by atoms with E-state index in [1.54, 1.807) is 0 Å². The van der Waals surface area contributed by atoms with Crippen LogP contribution in [0.4, 0.5) is 10.1 Å². The Morgan fingerprint density at radius 3 is 2.84 bits per heavy atom. The molecule has 1 saturated heterocycles. The number of rotatable bonds is 2. The van der Waals surface area contributed by atoms with Gasteiger partial charge in [0.15, 0.2) is 0 Å². The molecule has 1 aliphatic heterocycles. The maximum atomic E-state index is 13.7. The molecule has 0 aromatic heterocycles. The van der Waals surface area contributed by atoms with Gasteiger partial charge >= 0.3 is 0 Å². The van der Waals surface area contributed by atoms with Crippen molar-refractivity contribution in [2.75, 3.05) is 18.8 Å². The van der Waals surface area contributed by atoms with E-state index in [1.807, 2.05) is 0 Å². The second-order valence-electron chi connectivity index (χ2n) is 4.68. The van der Waals surface area contributed by atoms with Crippen LogP contribution in [0.5, 0.6) is 0 Å². The van der Waals surface area contributed by atoms with Gasteiger partial charge < -0.3 is 16.0 Å². The van der Waals surface area contributed by atoms with Gasteiger partial charge in [0, 0.05) is 31.7 Å². The van der Waals surface area contributed by atoms with Gasteiger partial charge in [-0.3, -0.25) is 9.59 Å². The maximum Gasteiger partial charge on any atom is 0.256 e. The van der Waals surface area contributed by atoms with Crippen molar-refractivity contribution < 1.29 is 14.0 Å². The average molecular weight is 265 g/mol. The fourth-order valence-electron chi connectivity index (χ4n) is 2.23. The topological polar surface area (TPSA) is 75.4 Å². The van der Waals surface area contributed by atoms with E-state index in [1.165, 1.54) is 24.0 Å². The Kier molecular flexibility index (Phi) is 3.69. The summed E-state index contributed by atoms with van der Waals surface area (Å²) in [7, 11) is 0. The van der Waals surface area contributed by atoms with E-state index in [4.69, 9.17) is 5.73 Å². The van der Waals surface area contributed by atoms with Crippen molar-refractivity contribution in [1.82, 2.24) is 10.2 Å². The van der Waals surface area contributed by atoms with Gasteiger partial charge in [-0.1, -0.05) is 0 Å². The first-order chi connectivity index (χ1) is 8.97. The molecule has 2 amide bonds. The molecule has 1 heterocycles. The number of amides is 2. The Bertz CT molecular complexity index is 519. The van der Waals surface area contributed by atoms with E-state index in [9.17, 15) is 14.0 Å². The normalized spacial score (nSPS) is 18.4. The summed E-state index contributed by atoms with van der Waals surface area (Å²) in [5.41, 5.74) is 5.74. The first kappa shape index (κ1) is 13.3. The summed E-state index contributed by atoms with van der Waals surface area (Å²) in [6, 6.07) is 3.96. The quantitative estimate of drug-likeness (QED) is 0.775. The Morgan fingerprint density at radius 2 is 2.21 bits per heavy atom.